The van der Waals surface area contributed by atoms with Gasteiger partial charge in [-0.3, -0.25) is 9.89 Å². The van der Waals surface area contributed by atoms with Crippen LogP contribution in [-0.2, 0) is 27.6 Å². The van der Waals surface area contributed by atoms with E-state index in [1.807, 2.05) is 0 Å². The summed E-state index contributed by atoms with van der Waals surface area (Å²) >= 11 is 0. The summed E-state index contributed by atoms with van der Waals surface area (Å²) in [6.07, 6.45) is 5.29. The molecule has 1 N–H and O–H groups in total. The van der Waals surface area contributed by atoms with E-state index in [0.29, 0.717) is 51.4 Å². The molecule has 3 aliphatic rings. The van der Waals surface area contributed by atoms with Gasteiger partial charge in [-0.15, -0.1) is 0 Å². The molecule has 1 aromatic rings. The molecule has 1 aromatic heterocycles. The Balaban J connectivity index is 1.50. The molecule has 1 atom stereocenters. The second kappa shape index (κ2) is 7.28. The highest BCUT2D eigenvalue weighted by molar-refractivity contribution is 7.89. The lowest BCUT2D eigenvalue weighted by Gasteiger charge is -2.36. The summed E-state index contributed by atoms with van der Waals surface area (Å²) in [5.74, 6) is -0.133. The number of ether oxygens (including phenoxy) is 1. The van der Waals surface area contributed by atoms with Crippen LogP contribution < -0.4 is 0 Å². The first-order chi connectivity index (χ1) is 12.6. The van der Waals surface area contributed by atoms with Crippen molar-refractivity contribution < 1.29 is 17.9 Å². The van der Waals surface area contributed by atoms with Gasteiger partial charge in [0.15, 0.2) is 5.69 Å². The predicted octanol–water partition coefficient (Wildman–Crippen LogP) is 0.555. The SMILES string of the molecule is O=C(c1n[nH]c2c1CCCC2)N1CCCC(S(=O)(=O)N2CCOCC2)C1. The molecule has 2 saturated heterocycles. The van der Waals surface area contributed by atoms with Crippen LogP contribution >= 0.6 is 0 Å². The van der Waals surface area contributed by atoms with Crippen LogP contribution in [0.5, 0.6) is 0 Å². The van der Waals surface area contributed by atoms with E-state index >= 15 is 0 Å². The molecule has 144 valence electrons. The molecule has 3 heterocycles. The van der Waals surface area contributed by atoms with Crippen molar-refractivity contribution in [1.29, 1.82) is 0 Å². The Morgan fingerprint density at radius 3 is 2.69 bits per heavy atom. The van der Waals surface area contributed by atoms with Crippen molar-refractivity contribution in [3.63, 3.8) is 0 Å². The van der Waals surface area contributed by atoms with Gasteiger partial charge in [0.2, 0.25) is 10.0 Å². The molecule has 4 rings (SSSR count). The lowest BCUT2D eigenvalue weighted by Crippen LogP contribution is -2.52. The van der Waals surface area contributed by atoms with Gasteiger partial charge < -0.3 is 9.64 Å². The van der Waals surface area contributed by atoms with E-state index in [-0.39, 0.29) is 12.5 Å². The fourth-order valence-electron chi connectivity index (χ4n) is 4.19. The molecule has 1 amide bonds. The lowest BCUT2D eigenvalue weighted by molar-refractivity contribution is 0.0682. The lowest BCUT2D eigenvalue weighted by atomic mass is 9.95. The van der Waals surface area contributed by atoms with Crippen molar-refractivity contribution in [2.75, 3.05) is 39.4 Å². The van der Waals surface area contributed by atoms with Crippen LogP contribution in [0, 0.1) is 0 Å². The van der Waals surface area contributed by atoms with Crippen molar-refractivity contribution in [1.82, 2.24) is 19.4 Å². The highest BCUT2D eigenvalue weighted by atomic mass is 32.2. The first-order valence-electron chi connectivity index (χ1n) is 9.49. The average Bonchev–Trinajstić information content (AvgIpc) is 3.12. The normalized spacial score (nSPS) is 25.1. The van der Waals surface area contributed by atoms with Gasteiger partial charge in [0, 0.05) is 37.4 Å². The smallest absolute Gasteiger partial charge is 0.274 e. The number of carbonyl (C=O) groups excluding carboxylic acids is 1. The minimum Gasteiger partial charge on any atom is -0.379 e. The fraction of sp³-hybridized carbons (Fsp3) is 0.765. The molecule has 0 aromatic carbocycles. The van der Waals surface area contributed by atoms with E-state index in [9.17, 15) is 13.2 Å². The maximum absolute atomic E-state index is 13.0. The Kier molecular flexibility index (Phi) is 5.02. The van der Waals surface area contributed by atoms with Gasteiger partial charge in [0.1, 0.15) is 0 Å². The molecule has 26 heavy (non-hydrogen) atoms. The van der Waals surface area contributed by atoms with Crippen LogP contribution in [0.2, 0.25) is 0 Å². The van der Waals surface area contributed by atoms with Crippen molar-refractivity contribution in [3.05, 3.63) is 17.0 Å². The number of fused-ring (bicyclic) bond motifs is 1. The Bertz CT molecular complexity index is 770. The first kappa shape index (κ1) is 17.9. The Labute approximate surface area is 153 Å². The second-order valence-electron chi connectivity index (χ2n) is 7.31. The quantitative estimate of drug-likeness (QED) is 0.824. The zero-order valence-electron chi connectivity index (χ0n) is 14.9. The van der Waals surface area contributed by atoms with Crippen LogP contribution in [0.1, 0.15) is 47.4 Å². The number of morpholine rings is 1. The van der Waals surface area contributed by atoms with Crippen molar-refractivity contribution in [2.24, 2.45) is 0 Å². The zero-order chi connectivity index (χ0) is 18.1. The van der Waals surface area contributed by atoms with Crippen LogP contribution in [0.15, 0.2) is 0 Å². The van der Waals surface area contributed by atoms with E-state index in [4.69, 9.17) is 4.74 Å². The number of hydrogen-bond donors (Lipinski definition) is 1. The van der Waals surface area contributed by atoms with Gasteiger partial charge in [-0.25, -0.2) is 8.42 Å². The number of piperidine rings is 1. The average molecular weight is 382 g/mol. The van der Waals surface area contributed by atoms with Gasteiger partial charge in [-0.2, -0.15) is 9.40 Å². The number of carbonyl (C=O) groups is 1. The number of sulfonamides is 1. The van der Waals surface area contributed by atoms with E-state index in [1.54, 1.807) is 4.90 Å². The molecule has 0 saturated carbocycles. The molecule has 0 spiro atoms. The van der Waals surface area contributed by atoms with Crippen molar-refractivity contribution in [2.45, 2.75) is 43.8 Å². The van der Waals surface area contributed by atoms with E-state index in [2.05, 4.69) is 10.2 Å². The van der Waals surface area contributed by atoms with E-state index in [0.717, 1.165) is 36.9 Å². The third kappa shape index (κ3) is 3.27. The molecule has 0 radical (unpaired) electrons. The Hall–Kier alpha value is -1.45. The zero-order valence-corrected chi connectivity index (χ0v) is 15.8. The number of aryl methyl sites for hydroxylation is 1. The second-order valence-corrected chi connectivity index (χ2v) is 9.52. The van der Waals surface area contributed by atoms with Gasteiger partial charge in [0.25, 0.3) is 5.91 Å². The molecular formula is C17H26N4O4S. The van der Waals surface area contributed by atoms with E-state index < -0.39 is 15.3 Å². The molecule has 2 fully saturated rings. The maximum atomic E-state index is 13.0. The number of nitrogens with one attached hydrogen (secondary N) is 1. The topological polar surface area (TPSA) is 95.6 Å². The van der Waals surface area contributed by atoms with Gasteiger partial charge >= 0.3 is 0 Å². The first-order valence-corrected chi connectivity index (χ1v) is 11.0. The Morgan fingerprint density at radius 2 is 1.88 bits per heavy atom. The highest BCUT2D eigenvalue weighted by Crippen LogP contribution is 2.26. The number of nitrogens with zero attached hydrogens (tertiary/aromatic N) is 3. The number of aromatic amines is 1. The van der Waals surface area contributed by atoms with Crippen LogP contribution in [0.3, 0.4) is 0 Å². The summed E-state index contributed by atoms with van der Waals surface area (Å²) in [5.41, 5.74) is 2.58. The van der Waals surface area contributed by atoms with E-state index in [1.165, 1.54) is 4.31 Å². The summed E-state index contributed by atoms with van der Waals surface area (Å²) in [6.45, 7) is 2.52. The number of aromatic nitrogens is 2. The fourth-order valence-corrected chi connectivity index (χ4v) is 6.10. The standard InChI is InChI=1S/C17H26N4O4S/c22-17(16-14-5-1-2-6-15(14)18-19-16)20-7-3-4-13(12-20)26(23,24)21-8-10-25-11-9-21/h13H,1-12H2,(H,18,19). The third-order valence-electron chi connectivity index (χ3n) is 5.68. The maximum Gasteiger partial charge on any atom is 0.274 e. The minimum atomic E-state index is -3.41. The van der Waals surface area contributed by atoms with Gasteiger partial charge in [0.05, 0.1) is 18.5 Å². The van der Waals surface area contributed by atoms with Crippen LogP contribution in [0.25, 0.3) is 0 Å². The van der Waals surface area contributed by atoms with Gasteiger partial charge in [-0.1, -0.05) is 0 Å². The largest absolute Gasteiger partial charge is 0.379 e. The molecule has 1 aliphatic carbocycles. The number of rotatable bonds is 3. The van der Waals surface area contributed by atoms with Gasteiger partial charge in [-0.05, 0) is 38.5 Å². The summed E-state index contributed by atoms with van der Waals surface area (Å²) in [5, 5.41) is 6.72. The number of amides is 1. The van der Waals surface area contributed by atoms with Crippen molar-refractivity contribution >= 4 is 15.9 Å². The third-order valence-corrected chi connectivity index (χ3v) is 7.99. The number of H-pyrrole nitrogens is 1. The van der Waals surface area contributed by atoms with Crippen molar-refractivity contribution in [3.8, 4) is 0 Å². The monoisotopic (exact) mass is 382 g/mol. The number of likely N-dealkylation sites (tertiary alicyclic amines) is 1. The predicted molar refractivity (Wildman–Crippen MR) is 95.5 cm³/mol. The molecule has 1 unspecified atom stereocenters. The molecule has 2 aliphatic heterocycles. The number of hydrogen-bond acceptors (Lipinski definition) is 5. The highest BCUT2D eigenvalue weighted by Gasteiger charge is 2.38. The minimum absolute atomic E-state index is 0.133. The Morgan fingerprint density at radius 1 is 1.12 bits per heavy atom. The molecular weight excluding hydrogens is 356 g/mol. The summed E-state index contributed by atoms with van der Waals surface area (Å²) < 4.78 is 32.7. The van der Waals surface area contributed by atoms with Crippen LogP contribution in [0.4, 0.5) is 0 Å². The summed E-state index contributed by atoms with van der Waals surface area (Å²) in [6, 6.07) is 0. The molecule has 9 heteroatoms. The molecule has 0 bridgehead atoms. The summed E-state index contributed by atoms with van der Waals surface area (Å²) in [7, 11) is -3.41. The summed E-state index contributed by atoms with van der Waals surface area (Å²) in [4.78, 5) is 14.7. The van der Waals surface area contributed by atoms with Crippen LogP contribution in [-0.4, -0.2) is 78.4 Å². The molecule has 8 nitrogen and oxygen atoms in total.